The Morgan fingerprint density at radius 1 is 0.923 bits per heavy atom. The van der Waals surface area contributed by atoms with Crippen LogP contribution in [-0.2, 0) is 9.53 Å². The Balaban J connectivity index is 1.41. The molecule has 0 saturated heterocycles. The van der Waals surface area contributed by atoms with E-state index in [4.69, 9.17) is 9.26 Å². The minimum Gasteiger partial charge on any atom is -0.466 e. The van der Waals surface area contributed by atoms with Gasteiger partial charge in [-0.25, -0.2) is 0 Å². The van der Waals surface area contributed by atoms with Gasteiger partial charge >= 0.3 is 5.97 Å². The third-order valence-corrected chi connectivity index (χ3v) is 6.58. The van der Waals surface area contributed by atoms with Crippen molar-refractivity contribution in [3.63, 3.8) is 0 Å². The van der Waals surface area contributed by atoms with Crippen LogP contribution in [0.3, 0.4) is 0 Å². The maximum absolute atomic E-state index is 12.4. The highest BCUT2D eigenvalue weighted by Crippen LogP contribution is 2.31. The number of anilines is 1. The molecule has 0 spiro atoms. The van der Waals surface area contributed by atoms with Gasteiger partial charge in [0.1, 0.15) is 0 Å². The number of esters is 1. The Bertz CT molecular complexity index is 1350. The number of hydrogen-bond donors (Lipinski definition) is 2. The van der Waals surface area contributed by atoms with Gasteiger partial charge in [0.25, 0.3) is 11.8 Å². The highest BCUT2D eigenvalue weighted by atomic mass is 16.5. The van der Waals surface area contributed by atoms with Gasteiger partial charge in [0.15, 0.2) is 0 Å². The predicted octanol–water partition coefficient (Wildman–Crippen LogP) is 6.29. The van der Waals surface area contributed by atoms with Crippen LogP contribution >= 0.6 is 0 Å². The van der Waals surface area contributed by atoms with Gasteiger partial charge in [-0.2, -0.15) is 4.98 Å². The van der Waals surface area contributed by atoms with Crippen LogP contribution in [0.2, 0.25) is 0 Å². The lowest BCUT2D eigenvalue weighted by molar-refractivity contribution is -0.142. The van der Waals surface area contributed by atoms with Gasteiger partial charge in [-0.05, 0) is 54.8 Å². The Morgan fingerprint density at radius 2 is 1.64 bits per heavy atom. The molecule has 1 aromatic heterocycles. The first-order valence-corrected chi connectivity index (χ1v) is 13.3. The Kier molecular flexibility index (Phi) is 9.45. The molecule has 0 aliphatic rings. The summed E-state index contributed by atoms with van der Waals surface area (Å²) >= 11 is 0. The van der Waals surface area contributed by atoms with E-state index >= 15 is 0 Å². The summed E-state index contributed by atoms with van der Waals surface area (Å²) < 4.78 is 10.3. The number of nitrogens with zero attached hydrogens (tertiary/aromatic N) is 2. The minimum absolute atomic E-state index is 0.0680. The summed E-state index contributed by atoms with van der Waals surface area (Å²) in [6, 6.07) is 25.3. The summed E-state index contributed by atoms with van der Waals surface area (Å²) in [5, 5.41) is 10.5. The molecule has 8 nitrogen and oxygen atoms in total. The lowest BCUT2D eigenvalue weighted by atomic mass is 9.91. The molecule has 0 aliphatic carbocycles. The average Bonchev–Trinajstić information content (AvgIpc) is 3.47. The zero-order chi connectivity index (χ0) is 27.6. The van der Waals surface area contributed by atoms with E-state index in [1.807, 2.05) is 54.6 Å². The van der Waals surface area contributed by atoms with E-state index in [1.54, 1.807) is 19.1 Å². The van der Waals surface area contributed by atoms with Gasteiger partial charge in [0.05, 0.1) is 19.1 Å². The first-order valence-electron chi connectivity index (χ1n) is 13.3. The summed E-state index contributed by atoms with van der Waals surface area (Å²) in [5.41, 5.74) is 4.35. The van der Waals surface area contributed by atoms with Crippen LogP contribution < -0.4 is 10.6 Å². The van der Waals surface area contributed by atoms with Crippen molar-refractivity contribution in [3.8, 4) is 22.8 Å². The lowest BCUT2D eigenvalue weighted by Crippen LogP contribution is -2.26. The van der Waals surface area contributed by atoms with Crippen LogP contribution in [0.4, 0.5) is 5.69 Å². The minimum atomic E-state index is -0.323. The molecule has 2 atom stereocenters. The number of ether oxygens (including phenoxy) is 1. The van der Waals surface area contributed by atoms with Gasteiger partial charge in [-0.3, -0.25) is 9.59 Å². The van der Waals surface area contributed by atoms with E-state index < -0.39 is 0 Å². The third-order valence-electron chi connectivity index (χ3n) is 6.58. The third kappa shape index (κ3) is 7.31. The first kappa shape index (κ1) is 27.6. The zero-order valence-electron chi connectivity index (χ0n) is 22.5. The van der Waals surface area contributed by atoms with Gasteiger partial charge in [-0.1, -0.05) is 67.9 Å². The second-order valence-corrected chi connectivity index (χ2v) is 9.31. The average molecular weight is 527 g/mol. The van der Waals surface area contributed by atoms with Crippen molar-refractivity contribution in [2.45, 2.75) is 39.7 Å². The number of nitrogens with one attached hydrogen (secondary N) is 2. The number of carbonyl (C=O) groups excluding carboxylic acids is 2. The summed E-state index contributed by atoms with van der Waals surface area (Å²) in [7, 11) is 0. The number of rotatable bonds is 12. The van der Waals surface area contributed by atoms with Crippen molar-refractivity contribution in [1.82, 2.24) is 15.5 Å². The molecule has 8 heteroatoms. The summed E-state index contributed by atoms with van der Waals surface area (Å²) in [6.07, 6.45) is 1.14. The van der Waals surface area contributed by atoms with Crippen LogP contribution in [0, 0.1) is 5.92 Å². The highest BCUT2D eigenvalue weighted by Gasteiger charge is 2.19. The SMILES string of the molecule is CCOC(=O)CCNC(=O)c1ccc(N[C@H](c2ccc(-c3noc(-c4ccccc4)n3)cc2)C(C)CC)cc1. The van der Waals surface area contributed by atoms with Crippen molar-refractivity contribution in [2.75, 3.05) is 18.5 Å². The molecular weight excluding hydrogens is 492 g/mol. The fraction of sp³-hybridized carbons (Fsp3) is 0.290. The van der Waals surface area contributed by atoms with Crippen molar-refractivity contribution in [3.05, 3.63) is 90.0 Å². The molecule has 2 N–H and O–H groups in total. The van der Waals surface area contributed by atoms with E-state index in [2.05, 4.69) is 46.8 Å². The van der Waals surface area contributed by atoms with Crippen molar-refractivity contribution in [1.29, 1.82) is 0 Å². The van der Waals surface area contributed by atoms with Crippen molar-refractivity contribution in [2.24, 2.45) is 5.92 Å². The number of hydrogen-bond acceptors (Lipinski definition) is 7. The van der Waals surface area contributed by atoms with Gasteiger partial charge in [0.2, 0.25) is 5.82 Å². The normalized spacial score (nSPS) is 12.4. The number of benzene rings is 3. The quantitative estimate of drug-likeness (QED) is 0.209. The van der Waals surface area contributed by atoms with Crippen LogP contribution in [0.1, 0.15) is 55.6 Å². The van der Waals surface area contributed by atoms with Crippen LogP contribution in [0.15, 0.2) is 83.4 Å². The Morgan fingerprint density at radius 3 is 2.31 bits per heavy atom. The largest absolute Gasteiger partial charge is 0.466 e. The number of carbonyl (C=O) groups is 2. The fourth-order valence-corrected chi connectivity index (χ4v) is 4.18. The van der Waals surface area contributed by atoms with Gasteiger partial charge in [-0.15, -0.1) is 0 Å². The van der Waals surface area contributed by atoms with Crippen molar-refractivity contribution >= 4 is 17.6 Å². The van der Waals surface area contributed by atoms with Crippen molar-refractivity contribution < 1.29 is 18.8 Å². The van der Waals surface area contributed by atoms with E-state index in [1.165, 1.54) is 0 Å². The summed E-state index contributed by atoms with van der Waals surface area (Å²) in [5.74, 6) is 0.846. The van der Waals surface area contributed by atoms with Crippen LogP contribution in [-0.4, -0.2) is 35.2 Å². The molecule has 202 valence electrons. The standard InChI is InChI=1S/C31H34N4O4/c1-4-21(3)28(33-26-17-15-24(16-18-26)30(37)32-20-19-27(36)38-5-2)22-11-13-23(14-12-22)29-34-31(39-35-29)25-9-7-6-8-10-25/h6-18,21,28,33H,4-5,19-20H2,1-3H3,(H,32,37)/t21?,28-/m0/s1. The second-order valence-electron chi connectivity index (χ2n) is 9.31. The molecule has 4 aromatic rings. The zero-order valence-corrected chi connectivity index (χ0v) is 22.5. The maximum Gasteiger partial charge on any atom is 0.307 e. The molecule has 0 saturated carbocycles. The van der Waals surface area contributed by atoms with E-state index in [-0.39, 0.29) is 30.9 Å². The topological polar surface area (TPSA) is 106 Å². The van der Waals surface area contributed by atoms with Gasteiger partial charge < -0.3 is 19.9 Å². The molecule has 39 heavy (non-hydrogen) atoms. The summed E-state index contributed by atoms with van der Waals surface area (Å²) in [4.78, 5) is 28.4. The fourth-order valence-electron chi connectivity index (χ4n) is 4.18. The summed E-state index contributed by atoms with van der Waals surface area (Å²) in [6.45, 7) is 6.70. The smallest absolute Gasteiger partial charge is 0.307 e. The molecule has 3 aromatic carbocycles. The van der Waals surface area contributed by atoms with Crippen LogP contribution in [0.25, 0.3) is 22.8 Å². The van der Waals surface area contributed by atoms with E-state index in [0.29, 0.717) is 29.8 Å². The molecule has 1 unspecified atom stereocenters. The molecule has 0 fully saturated rings. The van der Waals surface area contributed by atoms with E-state index in [0.717, 1.165) is 28.8 Å². The molecule has 0 aliphatic heterocycles. The number of amides is 1. The lowest BCUT2D eigenvalue weighted by Gasteiger charge is -2.26. The second kappa shape index (κ2) is 13.4. The molecule has 1 amide bonds. The monoisotopic (exact) mass is 526 g/mol. The molecule has 4 rings (SSSR count). The molecule has 1 heterocycles. The first-order chi connectivity index (χ1) is 19.0. The Labute approximate surface area is 228 Å². The molecule has 0 bridgehead atoms. The number of aromatic nitrogens is 2. The highest BCUT2D eigenvalue weighted by molar-refractivity contribution is 5.94. The van der Waals surface area contributed by atoms with Crippen LogP contribution in [0.5, 0.6) is 0 Å². The van der Waals surface area contributed by atoms with Gasteiger partial charge in [0, 0.05) is 28.9 Å². The Hall–Kier alpha value is -4.46. The maximum atomic E-state index is 12.4. The predicted molar refractivity (Wildman–Crippen MR) is 151 cm³/mol. The van der Waals surface area contributed by atoms with E-state index in [9.17, 15) is 9.59 Å². The molecular formula is C31H34N4O4. The molecule has 0 radical (unpaired) electrons.